The van der Waals surface area contributed by atoms with Gasteiger partial charge in [-0.25, -0.2) is 0 Å². The van der Waals surface area contributed by atoms with Crippen molar-refractivity contribution in [3.63, 3.8) is 0 Å². The molecular formula is C20H23ClN5OS+. The highest BCUT2D eigenvalue weighted by atomic mass is 35.5. The van der Waals surface area contributed by atoms with E-state index in [4.69, 9.17) is 16.3 Å². The second-order valence-corrected chi connectivity index (χ2v) is 8.27. The molecule has 28 heavy (non-hydrogen) atoms. The third-order valence-corrected chi connectivity index (χ3v) is 6.42. The maximum absolute atomic E-state index is 6.32. The van der Waals surface area contributed by atoms with E-state index in [0.717, 1.165) is 53.6 Å². The number of nitrogens with zero attached hydrogens (tertiary/aromatic N) is 4. The molecule has 6 nitrogen and oxygen atoms in total. The average molecular weight is 417 g/mol. The van der Waals surface area contributed by atoms with Crippen molar-refractivity contribution in [2.75, 3.05) is 25.4 Å². The van der Waals surface area contributed by atoms with Crippen LogP contribution >= 0.6 is 23.4 Å². The van der Waals surface area contributed by atoms with Crippen molar-refractivity contribution in [2.24, 2.45) is 7.05 Å². The first-order chi connectivity index (χ1) is 13.7. The lowest BCUT2D eigenvalue weighted by atomic mass is 10.2. The van der Waals surface area contributed by atoms with Gasteiger partial charge in [0.05, 0.1) is 6.61 Å². The van der Waals surface area contributed by atoms with Crippen molar-refractivity contribution >= 4 is 23.4 Å². The fraction of sp³-hybridized carbons (Fsp3) is 0.350. The number of ether oxygens (including phenoxy) is 1. The number of morpholine rings is 1. The van der Waals surface area contributed by atoms with Crippen LogP contribution in [0.5, 0.6) is 0 Å². The molecule has 0 radical (unpaired) electrons. The Bertz CT molecular complexity index is 920. The van der Waals surface area contributed by atoms with Gasteiger partial charge >= 0.3 is 0 Å². The van der Waals surface area contributed by atoms with Gasteiger partial charge in [-0.05, 0) is 18.2 Å². The number of aromatic nitrogens is 4. The van der Waals surface area contributed by atoms with Crippen LogP contribution in [0.2, 0.25) is 5.02 Å². The molecule has 1 fully saturated rings. The number of halogens is 1. The molecule has 3 aromatic rings. The minimum Gasteiger partial charge on any atom is -0.366 e. The van der Waals surface area contributed by atoms with Crippen molar-refractivity contribution in [1.29, 1.82) is 0 Å². The van der Waals surface area contributed by atoms with Crippen LogP contribution in [0.1, 0.15) is 5.56 Å². The maximum Gasteiger partial charge on any atom is 0.191 e. The SMILES string of the molecule is Cn1c(SC[C@H]2C[NH+](Cc3ccccc3Cl)CCO2)nnc1-c1ccncc1. The molecule has 1 aromatic carbocycles. The van der Waals surface area contributed by atoms with Crippen molar-refractivity contribution < 1.29 is 9.64 Å². The number of quaternary nitrogens is 1. The van der Waals surface area contributed by atoms with Crippen LogP contribution in [0.25, 0.3) is 11.4 Å². The molecule has 1 N–H and O–H groups in total. The zero-order chi connectivity index (χ0) is 19.3. The summed E-state index contributed by atoms with van der Waals surface area (Å²) in [6.07, 6.45) is 3.73. The van der Waals surface area contributed by atoms with Crippen molar-refractivity contribution in [1.82, 2.24) is 19.7 Å². The monoisotopic (exact) mass is 416 g/mol. The predicted molar refractivity (Wildman–Crippen MR) is 111 cm³/mol. The zero-order valence-electron chi connectivity index (χ0n) is 15.7. The van der Waals surface area contributed by atoms with Crippen LogP contribution in [0.15, 0.2) is 53.9 Å². The average Bonchev–Trinajstić information content (AvgIpc) is 3.09. The van der Waals surface area contributed by atoms with E-state index >= 15 is 0 Å². The van der Waals surface area contributed by atoms with Crippen molar-refractivity contribution in [2.45, 2.75) is 17.8 Å². The molecule has 0 aliphatic carbocycles. The topological polar surface area (TPSA) is 57.3 Å². The van der Waals surface area contributed by atoms with Gasteiger partial charge in [-0.2, -0.15) is 0 Å². The molecule has 3 heterocycles. The van der Waals surface area contributed by atoms with Crippen LogP contribution in [0.3, 0.4) is 0 Å². The first-order valence-electron chi connectivity index (χ1n) is 9.32. The summed E-state index contributed by atoms with van der Waals surface area (Å²) in [5, 5.41) is 10.4. The van der Waals surface area contributed by atoms with Crippen LogP contribution in [-0.4, -0.2) is 51.3 Å². The van der Waals surface area contributed by atoms with Crippen LogP contribution in [0, 0.1) is 0 Å². The van der Waals surface area contributed by atoms with Gasteiger partial charge in [-0.1, -0.05) is 41.6 Å². The summed E-state index contributed by atoms with van der Waals surface area (Å²) in [4.78, 5) is 5.56. The molecule has 1 aliphatic heterocycles. The Hall–Kier alpha value is -1.93. The summed E-state index contributed by atoms with van der Waals surface area (Å²) in [6, 6.07) is 12.0. The Kier molecular flexibility index (Phi) is 6.26. The minimum atomic E-state index is 0.192. The summed E-state index contributed by atoms with van der Waals surface area (Å²) in [7, 11) is 1.99. The normalized spacial score (nSPS) is 19.6. The molecule has 4 rings (SSSR count). The summed E-state index contributed by atoms with van der Waals surface area (Å²) >= 11 is 8.01. The van der Waals surface area contributed by atoms with E-state index in [0.29, 0.717) is 0 Å². The number of nitrogens with one attached hydrogen (secondary N) is 1. The van der Waals surface area contributed by atoms with Gasteiger partial charge in [-0.15, -0.1) is 10.2 Å². The fourth-order valence-corrected chi connectivity index (χ4v) is 4.52. The van der Waals surface area contributed by atoms with Gasteiger partial charge in [0.2, 0.25) is 0 Å². The molecule has 146 valence electrons. The standard InChI is InChI=1S/C20H22ClN5OS/c1-25-19(15-6-8-22-9-7-15)23-24-20(25)28-14-17-13-26(10-11-27-17)12-16-4-2-3-5-18(16)21/h2-9,17H,10-14H2,1H3/p+1/t17-/m1/s1. The smallest absolute Gasteiger partial charge is 0.191 e. The Morgan fingerprint density at radius 2 is 2.04 bits per heavy atom. The highest BCUT2D eigenvalue weighted by molar-refractivity contribution is 7.99. The van der Waals surface area contributed by atoms with Gasteiger partial charge < -0.3 is 14.2 Å². The first-order valence-corrected chi connectivity index (χ1v) is 10.7. The predicted octanol–water partition coefficient (Wildman–Crippen LogP) is 2.11. The van der Waals surface area contributed by atoms with E-state index in [1.165, 1.54) is 10.5 Å². The van der Waals surface area contributed by atoms with Gasteiger partial charge in [0.15, 0.2) is 11.0 Å². The van der Waals surface area contributed by atoms with Crippen molar-refractivity contribution in [3.8, 4) is 11.4 Å². The second-order valence-electron chi connectivity index (χ2n) is 6.88. The van der Waals surface area contributed by atoms with Gasteiger partial charge in [0, 0.05) is 41.3 Å². The van der Waals surface area contributed by atoms with E-state index in [1.807, 2.05) is 41.9 Å². The maximum atomic E-state index is 6.32. The number of thioether (sulfide) groups is 1. The summed E-state index contributed by atoms with van der Waals surface area (Å²) in [6.45, 7) is 3.67. The molecule has 1 unspecified atom stereocenters. The Morgan fingerprint density at radius 1 is 1.21 bits per heavy atom. The second kappa shape index (κ2) is 9.05. The lowest BCUT2D eigenvalue weighted by Gasteiger charge is -2.30. The summed E-state index contributed by atoms with van der Waals surface area (Å²) in [5.74, 6) is 1.70. The minimum absolute atomic E-state index is 0.192. The van der Waals surface area contributed by atoms with Crippen LogP contribution in [0.4, 0.5) is 0 Å². The highest BCUT2D eigenvalue weighted by Gasteiger charge is 2.25. The highest BCUT2D eigenvalue weighted by Crippen LogP contribution is 2.23. The molecule has 2 aromatic heterocycles. The molecule has 0 amide bonds. The quantitative estimate of drug-likeness (QED) is 0.624. The number of rotatable bonds is 6. The van der Waals surface area contributed by atoms with E-state index in [9.17, 15) is 0 Å². The van der Waals surface area contributed by atoms with E-state index in [2.05, 4.69) is 21.2 Å². The Balaban J connectivity index is 1.35. The molecular weight excluding hydrogens is 394 g/mol. The molecule has 1 saturated heterocycles. The summed E-state index contributed by atoms with van der Waals surface area (Å²) < 4.78 is 8.01. The molecule has 0 bridgehead atoms. The molecule has 2 atom stereocenters. The largest absolute Gasteiger partial charge is 0.366 e. The number of hydrogen-bond acceptors (Lipinski definition) is 5. The molecule has 1 aliphatic rings. The van der Waals surface area contributed by atoms with Crippen molar-refractivity contribution in [3.05, 3.63) is 59.4 Å². The number of pyridine rings is 1. The van der Waals surface area contributed by atoms with Crippen LogP contribution < -0.4 is 4.90 Å². The van der Waals surface area contributed by atoms with E-state index in [-0.39, 0.29) is 6.10 Å². The molecule has 0 saturated carbocycles. The van der Waals surface area contributed by atoms with Gasteiger partial charge in [0.1, 0.15) is 25.7 Å². The third-order valence-electron chi connectivity index (χ3n) is 4.90. The lowest BCUT2D eigenvalue weighted by molar-refractivity contribution is -0.924. The fourth-order valence-electron chi connectivity index (χ4n) is 3.39. The van der Waals surface area contributed by atoms with E-state index in [1.54, 1.807) is 24.2 Å². The number of benzene rings is 1. The summed E-state index contributed by atoms with van der Waals surface area (Å²) in [5.41, 5.74) is 2.21. The third kappa shape index (κ3) is 4.55. The van der Waals surface area contributed by atoms with Crippen LogP contribution in [-0.2, 0) is 18.3 Å². The van der Waals surface area contributed by atoms with Gasteiger partial charge in [-0.3, -0.25) is 4.98 Å². The first kappa shape index (κ1) is 19.4. The molecule has 0 spiro atoms. The molecule has 8 heteroatoms. The Morgan fingerprint density at radius 3 is 2.86 bits per heavy atom. The van der Waals surface area contributed by atoms with E-state index < -0.39 is 0 Å². The Labute approximate surface area is 173 Å². The zero-order valence-corrected chi connectivity index (χ0v) is 17.3. The van der Waals surface area contributed by atoms with Gasteiger partial charge in [0.25, 0.3) is 0 Å². The number of hydrogen-bond donors (Lipinski definition) is 1. The lowest BCUT2D eigenvalue weighted by Crippen LogP contribution is -3.13.